The van der Waals surface area contributed by atoms with Gasteiger partial charge in [-0.25, -0.2) is 4.79 Å². The number of esters is 1. The van der Waals surface area contributed by atoms with Gasteiger partial charge in [-0.2, -0.15) is 0 Å². The molecule has 0 aromatic heterocycles. The number of hydrogen-bond acceptors (Lipinski definition) is 5. The lowest BCUT2D eigenvalue weighted by Crippen LogP contribution is -2.36. The number of hydrogen-bond donors (Lipinski definition) is 2. The number of nitrogens with zero attached hydrogens (tertiary/aromatic N) is 1. The minimum Gasteiger partial charge on any atom is -0.463 e. The molecule has 0 saturated heterocycles. The van der Waals surface area contributed by atoms with Crippen molar-refractivity contribution in [2.24, 2.45) is 0 Å². The van der Waals surface area contributed by atoms with Gasteiger partial charge in [-0.1, -0.05) is 37.3 Å². The fourth-order valence-corrected chi connectivity index (χ4v) is 2.92. The predicted molar refractivity (Wildman–Crippen MR) is 123 cm³/mol. The third kappa shape index (κ3) is 8.44. The Morgan fingerprint density at radius 2 is 1.58 bits per heavy atom. The zero-order valence-corrected chi connectivity index (χ0v) is 18.2. The Balaban J connectivity index is 1.81. The highest BCUT2D eigenvalue weighted by Crippen LogP contribution is 2.15. The largest absolute Gasteiger partial charge is 0.463 e. The lowest BCUT2D eigenvalue weighted by Gasteiger charge is -2.17. The highest BCUT2D eigenvalue weighted by atomic mass is 16.5. The molecule has 2 N–H and O–H groups in total. The van der Waals surface area contributed by atoms with Gasteiger partial charge in [0, 0.05) is 17.5 Å². The smallest absolute Gasteiger partial charge is 0.330 e. The second-order valence-corrected chi connectivity index (χ2v) is 6.99. The van der Waals surface area contributed by atoms with Crippen molar-refractivity contribution < 1.29 is 19.1 Å². The van der Waals surface area contributed by atoms with Gasteiger partial charge in [0.05, 0.1) is 19.7 Å². The Hall–Kier alpha value is -3.45. The highest BCUT2D eigenvalue weighted by molar-refractivity contribution is 5.95. The van der Waals surface area contributed by atoms with Gasteiger partial charge in [0.25, 0.3) is 0 Å². The van der Waals surface area contributed by atoms with E-state index in [0.29, 0.717) is 12.3 Å². The van der Waals surface area contributed by atoms with Gasteiger partial charge in [0.15, 0.2) is 0 Å². The Bertz CT molecular complexity index is 923. The summed E-state index contributed by atoms with van der Waals surface area (Å²) in [5.74, 6) is -0.793. The van der Waals surface area contributed by atoms with Crippen LogP contribution < -0.4 is 10.6 Å². The molecule has 2 rings (SSSR count). The van der Waals surface area contributed by atoms with Crippen molar-refractivity contribution in [2.45, 2.75) is 20.3 Å². The zero-order valence-electron chi connectivity index (χ0n) is 18.2. The molecular weight excluding hydrogens is 394 g/mol. The van der Waals surface area contributed by atoms with Crippen molar-refractivity contribution in [1.29, 1.82) is 0 Å². The van der Waals surface area contributed by atoms with Crippen LogP contribution in [-0.2, 0) is 25.5 Å². The summed E-state index contributed by atoms with van der Waals surface area (Å²) >= 11 is 0. The van der Waals surface area contributed by atoms with E-state index < -0.39 is 5.97 Å². The van der Waals surface area contributed by atoms with Gasteiger partial charge in [-0.05, 0) is 55.8 Å². The van der Waals surface area contributed by atoms with Crippen molar-refractivity contribution in [3.63, 3.8) is 0 Å². The summed E-state index contributed by atoms with van der Waals surface area (Å²) in [5, 5.41) is 5.70. The number of benzene rings is 2. The number of aryl methyl sites for hydroxylation is 1. The van der Waals surface area contributed by atoms with Crippen molar-refractivity contribution in [3.8, 4) is 0 Å². The third-order valence-electron chi connectivity index (χ3n) is 4.39. The molecule has 0 unspecified atom stereocenters. The Morgan fingerprint density at radius 1 is 0.935 bits per heavy atom. The quantitative estimate of drug-likeness (QED) is 0.452. The van der Waals surface area contributed by atoms with Crippen LogP contribution in [0.3, 0.4) is 0 Å². The maximum Gasteiger partial charge on any atom is 0.330 e. The van der Waals surface area contributed by atoms with Crippen molar-refractivity contribution in [1.82, 2.24) is 4.90 Å². The van der Waals surface area contributed by atoms with Crippen molar-refractivity contribution in [3.05, 3.63) is 65.7 Å². The van der Waals surface area contributed by atoms with E-state index in [0.717, 1.165) is 23.2 Å². The van der Waals surface area contributed by atoms with Gasteiger partial charge < -0.3 is 15.4 Å². The summed E-state index contributed by atoms with van der Waals surface area (Å²) < 4.78 is 4.83. The molecule has 0 bridgehead atoms. The minimum absolute atomic E-state index is 0.0767. The molecule has 0 aliphatic carbocycles. The van der Waals surface area contributed by atoms with Crippen LogP contribution in [-0.4, -0.2) is 49.4 Å². The lowest BCUT2D eigenvalue weighted by molar-refractivity contribution is -0.137. The number of anilines is 2. The first-order valence-electron chi connectivity index (χ1n) is 10.2. The number of ether oxygens (including phenoxy) is 1. The SMILES string of the molecule is CCOC(=O)/C=C/c1ccc(NC(=O)CN(C)CC(=O)Nc2ccccc2CC)cc1. The summed E-state index contributed by atoms with van der Waals surface area (Å²) in [6.45, 7) is 4.29. The first-order chi connectivity index (χ1) is 14.9. The van der Waals surface area contributed by atoms with Gasteiger partial charge in [-0.15, -0.1) is 0 Å². The van der Waals surface area contributed by atoms with Gasteiger partial charge in [-0.3, -0.25) is 14.5 Å². The molecule has 0 radical (unpaired) electrons. The second-order valence-electron chi connectivity index (χ2n) is 6.99. The minimum atomic E-state index is -0.398. The third-order valence-corrected chi connectivity index (χ3v) is 4.39. The van der Waals surface area contributed by atoms with E-state index in [-0.39, 0.29) is 24.9 Å². The van der Waals surface area contributed by atoms with Crippen LogP contribution in [0.2, 0.25) is 0 Å². The van der Waals surface area contributed by atoms with Crippen LogP contribution in [0.15, 0.2) is 54.6 Å². The van der Waals surface area contributed by atoms with Crippen LogP contribution in [0.1, 0.15) is 25.0 Å². The van der Waals surface area contributed by atoms with E-state index in [1.54, 1.807) is 49.2 Å². The summed E-state index contributed by atoms with van der Waals surface area (Å²) in [4.78, 5) is 37.6. The van der Waals surface area contributed by atoms with Gasteiger partial charge >= 0.3 is 5.97 Å². The Labute approximate surface area is 183 Å². The Morgan fingerprint density at radius 3 is 2.23 bits per heavy atom. The maximum absolute atomic E-state index is 12.3. The van der Waals surface area contributed by atoms with Crippen molar-refractivity contribution >= 4 is 35.2 Å². The summed E-state index contributed by atoms with van der Waals surface area (Å²) in [7, 11) is 1.72. The summed E-state index contributed by atoms with van der Waals surface area (Å²) in [6.07, 6.45) is 3.83. The average Bonchev–Trinajstić information content (AvgIpc) is 2.73. The second kappa shape index (κ2) is 12.3. The molecule has 2 aromatic rings. The molecule has 164 valence electrons. The molecule has 0 atom stereocenters. The number of likely N-dealkylation sites (N-methyl/N-ethyl adjacent to an activating group) is 1. The fraction of sp³-hybridized carbons (Fsp3) is 0.292. The van der Waals surface area contributed by atoms with E-state index in [4.69, 9.17) is 4.74 Å². The van der Waals surface area contributed by atoms with Crippen LogP contribution in [0, 0.1) is 0 Å². The van der Waals surface area contributed by atoms with Crippen molar-refractivity contribution in [2.75, 3.05) is 37.4 Å². The lowest BCUT2D eigenvalue weighted by atomic mass is 10.1. The van der Waals surface area contributed by atoms with E-state index >= 15 is 0 Å². The average molecular weight is 424 g/mol. The standard InChI is InChI=1S/C24H29N3O4/c1-4-19-8-6-7-9-21(19)26-23(29)17-27(3)16-22(28)25-20-13-10-18(11-14-20)12-15-24(30)31-5-2/h6-15H,4-5,16-17H2,1-3H3,(H,25,28)(H,26,29)/b15-12+. The Kier molecular flexibility index (Phi) is 9.45. The van der Waals surface area contributed by atoms with E-state index in [2.05, 4.69) is 10.6 Å². The van der Waals surface area contributed by atoms with Crippen LogP contribution >= 0.6 is 0 Å². The normalized spacial score (nSPS) is 10.8. The van der Waals surface area contributed by atoms with Gasteiger partial charge in [0.2, 0.25) is 11.8 Å². The van der Waals surface area contributed by atoms with E-state index in [1.807, 2.05) is 31.2 Å². The maximum atomic E-state index is 12.3. The number of carbonyl (C=O) groups excluding carboxylic acids is 3. The number of rotatable bonds is 10. The topological polar surface area (TPSA) is 87.7 Å². The van der Waals surface area contributed by atoms with Gasteiger partial charge in [0.1, 0.15) is 0 Å². The molecular formula is C24H29N3O4. The van der Waals surface area contributed by atoms with E-state index in [9.17, 15) is 14.4 Å². The molecule has 7 nitrogen and oxygen atoms in total. The molecule has 0 saturated carbocycles. The molecule has 31 heavy (non-hydrogen) atoms. The molecule has 0 heterocycles. The molecule has 0 aliphatic heterocycles. The van der Waals surface area contributed by atoms with Crippen LogP contribution in [0.4, 0.5) is 11.4 Å². The molecule has 2 aromatic carbocycles. The molecule has 0 spiro atoms. The first kappa shape index (κ1) is 23.8. The molecule has 2 amide bonds. The zero-order chi connectivity index (χ0) is 22.6. The molecule has 7 heteroatoms. The predicted octanol–water partition coefficient (Wildman–Crippen LogP) is 3.33. The fourth-order valence-electron chi connectivity index (χ4n) is 2.92. The summed E-state index contributed by atoms with van der Waals surface area (Å²) in [6, 6.07) is 14.7. The number of para-hydroxylation sites is 1. The highest BCUT2D eigenvalue weighted by Gasteiger charge is 2.12. The first-order valence-corrected chi connectivity index (χ1v) is 10.2. The van der Waals surface area contributed by atoms with E-state index in [1.165, 1.54) is 6.08 Å². The molecule has 0 aliphatic rings. The summed E-state index contributed by atoms with van der Waals surface area (Å²) in [5.41, 5.74) is 3.31. The number of amides is 2. The van der Waals surface area contributed by atoms with Crippen LogP contribution in [0.5, 0.6) is 0 Å². The number of carbonyl (C=O) groups is 3. The van der Waals surface area contributed by atoms with Crippen LogP contribution in [0.25, 0.3) is 6.08 Å². The molecule has 0 fully saturated rings. The number of nitrogens with one attached hydrogen (secondary N) is 2. The monoisotopic (exact) mass is 423 g/mol.